The van der Waals surface area contributed by atoms with Gasteiger partial charge < -0.3 is 15.7 Å². The van der Waals surface area contributed by atoms with Crippen LogP contribution in [0.25, 0.3) is 10.8 Å². The van der Waals surface area contributed by atoms with Crippen molar-refractivity contribution >= 4 is 22.5 Å². The summed E-state index contributed by atoms with van der Waals surface area (Å²) >= 11 is 0. The second-order valence-corrected chi connectivity index (χ2v) is 5.44. The SMILES string of the molecule is CN(C(=O)c1cnc(N)c2ccccc12)C(C)(C)CO. The highest BCUT2D eigenvalue weighted by Gasteiger charge is 2.28. The zero-order valence-electron chi connectivity index (χ0n) is 11.9. The number of nitrogens with zero attached hydrogens (tertiary/aromatic N) is 2. The molecular weight excluding hydrogens is 254 g/mol. The van der Waals surface area contributed by atoms with Gasteiger partial charge in [-0.1, -0.05) is 24.3 Å². The molecule has 0 aliphatic heterocycles. The molecule has 1 amide bonds. The van der Waals surface area contributed by atoms with Crippen LogP contribution < -0.4 is 5.73 Å². The molecule has 106 valence electrons. The summed E-state index contributed by atoms with van der Waals surface area (Å²) in [5.74, 6) is 0.217. The molecule has 0 bridgehead atoms. The molecule has 1 heterocycles. The number of carbonyl (C=O) groups is 1. The Kier molecular flexibility index (Phi) is 3.63. The second-order valence-electron chi connectivity index (χ2n) is 5.44. The van der Waals surface area contributed by atoms with Gasteiger partial charge in [0.2, 0.25) is 0 Å². The van der Waals surface area contributed by atoms with Gasteiger partial charge in [-0.25, -0.2) is 4.98 Å². The van der Waals surface area contributed by atoms with Crippen molar-refractivity contribution in [3.05, 3.63) is 36.0 Å². The number of nitrogens with two attached hydrogens (primary N) is 1. The number of benzene rings is 1. The van der Waals surface area contributed by atoms with E-state index in [0.717, 1.165) is 10.8 Å². The van der Waals surface area contributed by atoms with Crippen molar-refractivity contribution in [2.24, 2.45) is 0 Å². The summed E-state index contributed by atoms with van der Waals surface area (Å²) < 4.78 is 0. The molecule has 5 heteroatoms. The summed E-state index contributed by atoms with van der Waals surface area (Å²) in [5.41, 5.74) is 5.68. The highest BCUT2D eigenvalue weighted by Crippen LogP contribution is 2.25. The average Bonchev–Trinajstić information content (AvgIpc) is 2.46. The largest absolute Gasteiger partial charge is 0.394 e. The number of aromatic nitrogens is 1. The van der Waals surface area contributed by atoms with Gasteiger partial charge in [0.1, 0.15) is 5.82 Å². The Labute approximate surface area is 118 Å². The quantitative estimate of drug-likeness (QED) is 0.891. The van der Waals surface area contributed by atoms with Crippen LogP contribution in [0, 0.1) is 0 Å². The Bertz CT molecular complexity index is 653. The van der Waals surface area contributed by atoms with Crippen molar-refractivity contribution in [1.29, 1.82) is 0 Å². The van der Waals surface area contributed by atoms with E-state index in [-0.39, 0.29) is 12.5 Å². The van der Waals surface area contributed by atoms with Crippen LogP contribution in [-0.2, 0) is 0 Å². The highest BCUT2D eigenvalue weighted by molar-refractivity contribution is 6.09. The third-order valence-electron chi connectivity index (χ3n) is 3.66. The molecule has 0 saturated heterocycles. The predicted molar refractivity (Wildman–Crippen MR) is 79.4 cm³/mol. The van der Waals surface area contributed by atoms with Crippen LogP contribution in [0.5, 0.6) is 0 Å². The number of rotatable bonds is 3. The number of fused-ring (bicyclic) bond motifs is 1. The fourth-order valence-corrected chi connectivity index (χ4v) is 1.95. The molecule has 5 nitrogen and oxygen atoms in total. The average molecular weight is 273 g/mol. The number of aliphatic hydroxyl groups excluding tert-OH is 1. The minimum absolute atomic E-state index is 0.116. The molecular formula is C15H19N3O2. The molecule has 0 unspecified atom stereocenters. The van der Waals surface area contributed by atoms with Crippen molar-refractivity contribution in [1.82, 2.24) is 9.88 Å². The van der Waals surface area contributed by atoms with Crippen LogP contribution in [-0.4, -0.2) is 40.1 Å². The minimum atomic E-state index is -0.639. The third-order valence-corrected chi connectivity index (χ3v) is 3.66. The number of amides is 1. The van der Waals surface area contributed by atoms with Crippen molar-refractivity contribution in [2.75, 3.05) is 19.4 Å². The Balaban J connectivity index is 2.54. The van der Waals surface area contributed by atoms with Crippen LogP contribution in [0.15, 0.2) is 30.5 Å². The number of anilines is 1. The maximum atomic E-state index is 12.6. The summed E-state index contributed by atoms with van der Waals surface area (Å²) in [6.45, 7) is 3.49. The molecule has 2 aromatic rings. The molecule has 1 aromatic heterocycles. The van der Waals surface area contributed by atoms with Gasteiger partial charge in [0.25, 0.3) is 5.91 Å². The topological polar surface area (TPSA) is 79.5 Å². The van der Waals surface area contributed by atoms with E-state index in [1.807, 2.05) is 24.3 Å². The maximum absolute atomic E-state index is 12.6. The van der Waals surface area contributed by atoms with Gasteiger partial charge in [-0.15, -0.1) is 0 Å². The van der Waals surface area contributed by atoms with Gasteiger partial charge in [-0.05, 0) is 19.2 Å². The Morgan fingerprint density at radius 1 is 1.35 bits per heavy atom. The van der Waals surface area contributed by atoms with Crippen LogP contribution in [0.2, 0.25) is 0 Å². The second kappa shape index (κ2) is 5.09. The normalized spacial score (nSPS) is 11.6. The number of nitrogen functional groups attached to an aromatic ring is 1. The van der Waals surface area contributed by atoms with Crippen LogP contribution in [0.4, 0.5) is 5.82 Å². The Morgan fingerprint density at radius 3 is 2.55 bits per heavy atom. The first kappa shape index (κ1) is 14.3. The molecule has 1 aromatic carbocycles. The molecule has 0 aliphatic carbocycles. The van der Waals surface area contributed by atoms with Gasteiger partial charge in [0.05, 0.1) is 17.7 Å². The number of hydrogen-bond donors (Lipinski definition) is 2. The van der Waals surface area contributed by atoms with Crippen LogP contribution in [0.1, 0.15) is 24.2 Å². The molecule has 2 rings (SSSR count). The van der Waals surface area contributed by atoms with Crippen LogP contribution >= 0.6 is 0 Å². The van der Waals surface area contributed by atoms with E-state index in [1.165, 1.54) is 11.1 Å². The number of aliphatic hydroxyl groups is 1. The van der Waals surface area contributed by atoms with Gasteiger partial charge in [-0.2, -0.15) is 0 Å². The van der Waals surface area contributed by atoms with Crippen LogP contribution in [0.3, 0.4) is 0 Å². The van der Waals surface area contributed by atoms with Crippen molar-refractivity contribution in [3.8, 4) is 0 Å². The summed E-state index contributed by atoms with van der Waals surface area (Å²) in [6.07, 6.45) is 1.49. The number of pyridine rings is 1. The first-order chi connectivity index (χ1) is 9.38. The Morgan fingerprint density at radius 2 is 1.95 bits per heavy atom. The van der Waals surface area contributed by atoms with Crippen molar-refractivity contribution in [3.63, 3.8) is 0 Å². The van der Waals surface area contributed by atoms with E-state index in [9.17, 15) is 9.90 Å². The molecule has 0 radical (unpaired) electrons. The van der Waals surface area contributed by atoms with E-state index in [0.29, 0.717) is 11.4 Å². The van der Waals surface area contributed by atoms with E-state index < -0.39 is 5.54 Å². The summed E-state index contributed by atoms with van der Waals surface area (Å²) in [5, 5.41) is 10.9. The first-order valence-electron chi connectivity index (χ1n) is 6.40. The predicted octanol–water partition coefficient (Wildman–Crippen LogP) is 1.66. The molecule has 3 N–H and O–H groups in total. The molecule has 0 saturated carbocycles. The fourth-order valence-electron chi connectivity index (χ4n) is 1.95. The zero-order valence-corrected chi connectivity index (χ0v) is 11.9. The van der Waals surface area contributed by atoms with E-state index in [1.54, 1.807) is 20.9 Å². The van der Waals surface area contributed by atoms with E-state index >= 15 is 0 Å². The first-order valence-corrected chi connectivity index (χ1v) is 6.40. The van der Waals surface area contributed by atoms with E-state index in [4.69, 9.17) is 5.73 Å². The molecule has 0 aliphatic rings. The number of carbonyl (C=O) groups excluding carboxylic acids is 1. The van der Waals surface area contributed by atoms with Gasteiger partial charge in [-0.3, -0.25) is 4.79 Å². The zero-order chi connectivity index (χ0) is 14.9. The fraction of sp³-hybridized carbons (Fsp3) is 0.333. The monoisotopic (exact) mass is 273 g/mol. The number of hydrogen-bond acceptors (Lipinski definition) is 4. The lowest BCUT2D eigenvalue weighted by Gasteiger charge is -2.34. The molecule has 0 fully saturated rings. The van der Waals surface area contributed by atoms with Gasteiger partial charge in [0.15, 0.2) is 0 Å². The summed E-state index contributed by atoms with van der Waals surface area (Å²) in [6, 6.07) is 7.40. The third kappa shape index (κ3) is 2.32. The smallest absolute Gasteiger partial charge is 0.256 e. The van der Waals surface area contributed by atoms with Crippen molar-refractivity contribution in [2.45, 2.75) is 19.4 Å². The minimum Gasteiger partial charge on any atom is -0.394 e. The van der Waals surface area contributed by atoms with Gasteiger partial charge in [0, 0.05) is 18.6 Å². The lowest BCUT2D eigenvalue weighted by Crippen LogP contribution is -2.47. The van der Waals surface area contributed by atoms with E-state index in [2.05, 4.69) is 4.98 Å². The summed E-state index contributed by atoms with van der Waals surface area (Å²) in [4.78, 5) is 18.2. The molecule has 0 spiro atoms. The lowest BCUT2D eigenvalue weighted by molar-refractivity contribution is 0.0475. The standard InChI is InChI=1S/C15H19N3O2/c1-15(2,9-19)18(3)14(20)12-8-17-13(16)11-7-5-4-6-10(11)12/h4-8,19H,9H2,1-3H3,(H2,16,17). The maximum Gasteiger partial charge on any atom is 0.256 e. The Hall–Kier alpha value is -2.14. The number of likely N-dealkylation sites (N-methyl/N-ethyl adjacent to an activating group) is 1. The van der Waals surface area contributed by atoms with Gasteiger partial charge >= 0.3 is 0 Å². The van der Waals surface area contributed by atoms with Crippen molar-refractivity contribution < 1.29 is 9.90 Å². The summed E-state index contributed by atoms with van der Waals surface area (Å²) in [7, 11) is 1.67. The lowest BCUT2D eigenvalue weighted by atomic mass is 10.0. The molecule has 20 heavy (non-hydrogen) atoms. The highest BCUT2D eigenvalue weighted by atomic mass is 16.3. The molecule has 0 atom stereocenters.